The maximum absolute atomic E-state index is 13.1. The molecule has 1 amide bonds. The molecule has 1 aliphatic heterocycles. The Kier molecular flexibility index (Phi) is 5.69. The lowest BCUT2D eigenvalue weighted by atomic mass is 9.89. The van der Waals surface area contributed by atoms with Gasteiger partial charge in [-0.3, -0.25) is 4.79 Å². The van der Waals surface area contributed by atoms with Gasteiger partial charge < -0.3 is 14.8 Å². The first-order valence-corrected chi connectivity index (χ1v) is 10.0. The van der Waals surface area contributed by atoms with Gasteiger partial charge in [0.25, 0.3) is 5.91 Å². The summed E-state index contributed by atoms with van der Waals surface area (Å²) >= 11 is 0. The van der Waals surface area contributed by atoms with E-state index in [1.54, 1.807) is 0 Å². The average Bonchev–Trinajstić information content (AvgIpc) is 2.60. The van der Waals surface area contributed by atoms with Crippen molar-refractivity contribution in [3.05, 3.63) is 58.7 Å². The predicted octanol–water partition coefficient (Wildman–Crippen LogP) is 5.19. The van der Waals surface area contributed by atoms with Gasteiger partial charge in [-0.25, -0.2) is 0 Å². The number of carbonyl (C=O) groups is 1. The van der Waals surface area contributed by atoms with Gasteiger partial charge in [-0.1, -0.05) is 31.2 Å². The Labute approximate surface area is 168 Å². The Morgan fingerprint density at radius 3 is 2.57 bits per heavy atom. The van der Waals surface area contributed by atoms with Crippen LogP contribution in [0, 0.1) is 20.8 Å². The van der Waals surface area contributed by atoms with Crippen LogP contribution in [-0.4, -0.2) is 17.6 Å². The Morgan fingerprint density at radius 1 is 1.18 bits per heavy atom. The quantitative estimate of drug-likeness (QED) is 0.775. The zero-order chi connectivity index (χ0) is 20.5. The summed E-state index contributed by atoms with van der Waals surface area (Å²) in [5.41, 5.74) is 3.98. The number of aryl methyl sites for hydroxylation is 3. The molecule has 0 saturated carbocycles. The minimum absolute atomic E-state index is 0.0855. The summed E-state index contributed by atoms with van der Waals surface area (Å²) in [7, 11) is 0. The minimum Gasteiger partial charge on any atom is -0.487 e. The molecule has 0 bridgehead atoms. The number of benzene rings is 2. The van der Waals surface area contributed by atoms with Crippen molar-refractivity contribution < 1.29 is 14.3 Å². The second kappa shape index (κ2) is 7.86. The molecular formula is C24H31NO3. The van der Waals surface area contributed by atoms with E-state index in [4.69, 9.17) is 9.47 Å². The first kappa shape index (κ1) is 20.2. The van der Waals surface area contributed by atoms with Crippen LogP contribution in [0.1, 0.15) is 61.9 Å². The number of ether oxygens (including phenoxy) is 2. The van der Waals surface area contributed by atoms with Crippen molar-refractivity contribution in [2.45, 2.75) is 72.1 Å². The Hall–Kier alpha value is -2.49. The second-order valence-electron chi connectivity index (χ2n) is 8.45. The second-order valence-corrected chi connectivity index (χ2v) is 8.45. The number of rotatable bonds is 5. The van der Waals surface area contributed by atoms with Crippen LogP contribution in [0.5, 0.6) is 11.5 Å². The van der Waals surface area contributed by atoms with E-state index in [0.29, 0.717) is 12.8 Å². The number of amides is 1. The first-order valence-electron chi connectivity index (χ1n) is 10.0. The zero-order valence-corrected chi connectivity index (χ0v) is 17.8. The molecular weight excluding hydrogens is 350 g/mol. The van der Waals surface area contributed by atoms with Gasteiger partial charge in [0.1, 0.15) is 17.1 Å². The Bertz CT molecular complexity index is 872. The molecule has 1 N–H and O–H groups in total. The van der Waals surface area contributed by atoms with Gasteiger partial charge in [-0.15, -0.1) is 0 Å². The Balaban J connectivity index is 1.80. The molecule has 0 unspecified atom stereocenters. The summed E-state index contributed by atoms with van der Waals surface area (Å²) in [6.07, 6.45) is 0.793. The summed E-state index contributed by atoms with van der Waals surface area (Å²) in [6.45, 7) is 12.2. The minimum atomic E-state index is -0.527. The van der Waals surface area contributed by atoms with Crippen molar-refractivity contribution in [2.24, 2.45) is 0 Å². The third-order valence-corrected chi connectivity index (χ3v) is 5.22. The van der Waals surface area contributed by atoms with Crippen molar-refractivity contribution in [2.75, 3.05) is 0 Å². The Morgan fingerprint density at radius 2 is 1.86 bits per heavy atom. The molecule has 28 heavy (non-hydrogen) atoms. The lowest BCUT2D eigenvalue weighted by Crippen LogP contribution is -2.45. The topological polar surface area (TPSA) is 47.6 Å². The van der Waals surface area contributed by atoms with E-state index in [-0.39, 0.29) is 17.6 Å². The summed E-state index contributed by atoms with van der Waals surface area (Å²) in [4.78, 5) is 13.1. The van der Waals surface area contributed by atoms with Crippen LogP contribution in [0.25, 0.3) is 0 Å². The molecule has 2 aromatic rings. The zero-order valence-electron chi connectivity index (χ0n) is 17.8. The number of nitrogens with one attached hydrogen (secondary N) is 1. The van der Waals surface area contributed by atoms with E-state index in [1.807, 2.05) is 52.0 Å². The molecule has 4 nitrogen and oxygen atoms in total. The SMILES string of the molecule is CC[C@@H](Oc1cc(C)ccc1C)C(=O)N[C@@H]1CC(C)(C)Oc2cc(C)ccc21. The molecule has 1 aliphatic rings. The summed E-state index contributed by atoms with van der Waals surface area (Å²) in [6, 6.07) is 12.1. The van der Waals surface area contributed by atoms with E-state index in [9.17, 15) is 4.79 Å². The molecule has 0 radical (unpaired) electrons. The maximum Gasteiger partial charge on any atom is 0.261 e. The van der Waals surface area contributed by atoms with E-state index in [2.05, 4.69) is 31.3 Å². The normalized spacial score (nSPS) is 18.6. The highest BCUT2D eigenvalue weighted by molar-refractivity contribution is 5.81. The van der Waals surface area contributed by atoms with Gasteiger partial charge in [0, 0.05) is 12.0 Å². The molecule has 4 heteroatoms. The van der Waals surface area contributed by atoms with Crippen LogP contribution in [0.4, 0.5) is 0 Å². The van der Waals surface area contributed by atoms with Crippen LogP contribution in [0.15, 0.2) is 36.4 Å². The summed E-state index contributed by atoms with van der Waals surface area (Å²) in [5.74, 6) is 1.54. The third-order valence-electron chi connectivity index (χ3n) is 5.22. The van der Waals surface area contributed by atoms with Gasteiger partial charge in [0.2, 0.25) is 0 Å². The van der Waals surface area contributed by atoms with Crippen molar-refractivity contribution in [1.82, 2.24) is 5.32 Å². The fourth-order valence-corrected chi connectivity index (χ4v) is 3.66. The third kappa shape index (κ3) is 4.49. The molecule has 0 spiro atoms. The molecule has 3 rings (SSSR count). The number of hydrogen-bond donors (Lipinski definition) is 1. The predicted molar refractivity (Wildman–Crippen MR) is 112 cm³/mol. The number of carbonyl (C=O) groups excluding carboxylic acids is 1. The monoisotopic (exact) mass is 381 g/mol. The van der Waals surface area contributed by atoms with Crippen LogP contribution in [0.3, 0.4) is 0 Å². The van der Waals surface area contributed by atoms with E-state index < -0.39 is 6.10 Å². The smallest absolute Gasteiger partial charge is 0.261 e. The van der Waals surface area contributed by atoms with Gasteiger partial charge in [0.15, 0.2) is 6.10 Å². The van der Waals surface area contributed by atoms with Gasteiger partial charge in [-0.05, 0) is 69.9 Å². The first-order chi connectivity index (χ1) is 13.2. The molecule has 0 saturated heterocycles. The number of fused-ring (bicyclic) bond motifs is 1. The van der Waals surface area contributed by atoms with Crippen LogP contribution in [0.2, 0.25) is 0 Å². The molecule has 0 fully saturated rings. The molecule has 0 aliphatic carbocycles. The van der Waals surface area contributed by atoms with E-state index >= 15 is 0 Å². The standard InChI is InChI=1S/C24H31NO3/c1-7-20(27-21-12-15(2)8-10-17(21)4)23(26)25-19-14-24(5,6)28-22-13-16(3)9-11-18(19)22/h8-13,19-20H,7,14H2,1-6H3,(H,25,26)/t19-,20-/m1/s1. The molecule has 1 heterocycles. The van der Waals surface area contributed by atoms with Crippen LogP contribution >= 0.6 is 0 Å². The lowest BCUT2D eigenvalue weighted by Gasteiger charge is -2.38. The maximum atomic E-state index is 13.1. The molecule has 2 aromatic carbocycles. The summed E-state index contributed by atoms with van der Waals surface area (Å²) < 4.78 is 12.2. The van der Waals surface area contributed by atoms with Crippen molar-refractivity contribution in [3.63, 3.8) is 0 Å². The fourth-order valence-electron chi connectivity index (χ4n) is 3.66. The molecule has 2 atom stereocenters. The summed E-state index contributed by atoms with van der Waals surface area (Å²) in [5, 5.41) is 3.21. The van der Waals surface area contributed by atoms with Crippen LogP contribution < -0.4 is 14.8 Å². The lowest BCUT2D eigenvalue weighted by molar-refractivity contribution is -0.129. The van der Waals surface area contributed by atoms with Crippen LogP contribution in [-0.2, 0) is 4.79 Å². The fraction of sp³-hybridized carbons (Fsp3) is 0.458. The highest BCUT2D eigenvalue weighted by atomic mass is 16.5. The highest BCUT2D eigenvalue weighted by Crippen LogP contribution is 2.40. The molecule has 150 valence electrons. The largest absolute Gasteiger partial charge is 0.487 e. The molecule has 0 aromatic heterocycles. The van der Waals surface area contributed by atoms with Gasteiger partial charge in [-0.2, -0.15) is 0 Å². The average molecular weight is 382 g/mol. The number of hydrogen-bond acceptors (Lipinski definition) is 3. The van der Waals surface area contributed by atoms with Crippen molar-refractivity contribution in [1.29, 1.82) is 0 Å². The van der Waals surface area contributed by atoms with Gasteiger partial charge in [0.05, 0.1) is 6.04 Å². The van der Waals surface area contributed by atoms with Gasteiger partial charge >= 0.3 is 0 Å². The highest BCUT2D eigenvalue weighted by Gasteiger charge is 2.35. The van der Waals surface area contributed by atoms with Crippen molar-refractivity contribution >= 4 is 5.91 Å². The van der Waals surface area contributed by atoms with E-state index in [0.717, 1.165) is 33.8 Å². The van der Waals surface area contributed by atoms with Crippen molar-refractivity contribution in [3.8, 4) is 11.5 Å². The van der Waals surface area contributed by atoms with E-state index in [1.165, 1.54) is 0 Å².